The van der Waals surface area contributed by atoms with E-state index < -0.39 is 11.4 Å². The summed E-state index contributed by atoms with van der Waals surface area (Å²) in [7, 11) is 0. The fourth-order valence-electron chi connectivity index (χ4n) is 0.890. The first kappa shape index (κ1) is 18.8. The SMILES string of the molecule is CC(C)(C)OCNCCC(N)=NOC(=O)C(C)(C)CO. The summed E-state index contributed by atoms with van der Waals surface area (Å²) in [5, 5.41) is 15.6. The van der Waals surface area contributed by atoms with Crippen LogP contribution in [0.4, 0.5) is 0 Å². The molecule has 0 spiro atoms. The normalized spacial score (nSPS) is 13.4. The molecule has 0 aliphatic rings. The van der Waals surface area contributed by atoms with Gasteiger partial charge in [-0.2, -0.15) is 0 Å². The van der Waals surface area contributed by atoms with Crippen LogP contribution in [0.3, 0.4) is 0 Å². The molecule has 0 radical (unpaired) electrons. The van der Waals surface area contributed by atoms with Gasteiger partial charge in [0, 0.05) is 13.0 Å². The van der Waals surface area contributed by atoms with Gasteiger partial charge in [0.05, 0.1) is 24.4 Å². The number of nitrogens with zero attached hydrogens (tertiary/aromatic N) is 1. The highest BCUT2D eigenvalue weighted by Gasteiger charge is 2.29. The maximum absolute atomic E-state index is 11.5. The molecule has 0 aromatic rings. The third kappa shape index (κ3) is 8.84. The molecule has 0 atom stereocenters. The number of ether oxygens (including phenoxy) is 1. The molecule has 0 rings (SSSR count). The Morgan fingerprint density at radius 3 is 2.40 bits per heavy atom. The lowest BCUT2D eigenvalue weighted by molar-refractivity contribution is -0.156. The summed E-state index contributed by atoms with van der Waals surface area (Å²) in [5.74, 6) is -0.415. The van der Waals surface area contributed by atoms with Gasteiger partial charge in [0.25, 0.3) is 0 Å². The molecule has 7 nitrogen and oxygen atoms in total. The van der Waals surface area contributed by atoms with E-state index in [0.717, 1.165) is 0 Å². The van der Waals surface area contributed by atoms with Gasteiger partial charge >= 0.3 is 5.97 Å². The predicted octanol–water partition coefficient (Wildman–Crippen LogP) is 0.573. The molecule has 118 valence electrons. The quantitative estimate of drug-likeness (QED) is 0.151. The first-order valence-electron chi connectivity index (χ1n) is 6.58. The van der Waals surface area contributed by atoms with Crippen LogP contribution in [0.5, 0.6) is 0 Å². The van der Waals surface area contributed by atoms with Crippen LogP contribution >= 0.6 is 0 Å². The monoisotopic (exact) mass is 289 g/mol. The summed E-state index contributed by atoms with van der Waals surface area (Å²) in [6, 6.07) is 0. The minimum absolute atomic E-state index is 0.196. The first-order valence-corrected chi connectivity index (χ1v) is 6.58. The molecule has 0 heterocycles. The lowest BCUT2D eigenvalue weighted by Gasteiger charge is -2.19. The van der Waals surface area contributed by atoms with Crippen molar-refractivity contribution in [2.45, 2.75) is 46.6 Å². The van der Waals surface area contributed by atoms with E-state index in [2.05, 4.69) is 15.3 Å². The van der Waals surface area contributed by atoms with Gasteiger partial charge in [-0.25, -0.2) is 4.79 Å². The molecule has 7 heteroatoms. The number of carbonyl (C=O) groups excluding carboxylic acids is 1. The summed E-state index contributed by atoms with van der Waals surface area (Å²) >= 11 is 0. The van der Waals surface area contributed by atoms with Gasteiger partial charge < -0.3 is 20.4 Å². The highest BCUT2D eigenvalue weighted by Crippen LogP contribution is 2.15. The molecule has 0 aromatic carbocycles. The van der Waals surface area contributed by atoms with Crippen LogP contribution in [0.25, 0.3) is 0 Å². The van der Waals surface area contributed by atoms with Crippen molar-refractivity contribution in [2.24, 2.45) is 16.3 Å². The molecule has 0 aromatic heterocycles. The van der Waals surface area contributed by atoms with Crippen molar-refractivity contribution in [3.63, 3.8) is 0 Å². The van der Waals surface area contributed by atoms with Crippen molar-refractivity contribution in [2.75, 3.05) is 19.9 Å². The summed E-state index contributed by atoms with van der Waals surface area (Å²) in [6.07, 6.45) is 0.431. The van der Waals surface area contributed by atoms with E-state index in [1.165, 1.54) is 0 Å². The van der Waals surface area contributed by atoms with Crippen molar-refractivity contribution in [3.05, 3.63) is 0 Å². The molecule has 0 fully saturated rings. The Hall–Kier alpha value is -1.18. The van der Waals surface area contributed by atoms with Gasteiger partial charge in [-0.15, -0.1) is 0 Å². The lowest BCUT2D eigenvalue weighted by atomic mass is 9.96. The van der Waals surface area contributed by atoms with Gasteiger partial charge in [0.15, 0.2) is 0 Å². The molecule has 0 saturated carbocycles. The lowest BCUT2D eigenvalue weighted by Crippen LogP contribution is -2.31. The van der Waals surface area contributed by atoms with Gasteiger partial charge in [0.1, 0.15) is 5.84 Å². The van der Waals surface area contributed by atoms with Crippen molar-refractivity contribution < 1.29 is 19.5 Å². The molecule has 0 aliphatic carbocycles. The Labute approximate surface area is 120 Å². The Balaban J connectivity index is 3.90. The highest BCUT2D eigenvalue weighted by atomic mass is 16.7. The van der Waals surface area contributed by atoms with Crippen LogP contribution < -0.4 is 11.1 Å². The van der Waals surface area contributed by atoms with E-state index in [1.807, 2.05) is 20.8 Å². The van der Waals surface area contributed by atoms with E-state index in [1.54, 1.807) is 13.8 Å². The number of hydrogen-bond acceptors (Lipinski definition) is 6. The molecule has 0 amide bonds. The van der Waals surface area contributed by atoms with E-state index in [4.69, 9.17) is 15.6 Å². The standard InChI is InChI=1S/C13H27N3O4/c1-12(2,3)19-9-15-7-6-10(14)16-20-11(18)13(4,5)8-17/h15,17H,6-9H2,1-5H3,(H2,14,16). The Morgan fingerprint density at radius 1 is 1.30 bits per heavy atom. The predicted molar refractivity (Wildman–Crippen MR) is 76.9 cm³/mol. The average molecular weight is 289 g/mol. The van der Waals surface area contributed by atoms with Crippen molar-refractivity contribution in [1.29, 1.82) is 0 Å². The van der Waals surface area contributed by atoms with Crippen LogP contribution in [-0.2, 0) is 14.4 Å². The number of hydrogen-bond donors (Lipinski definition) is 3. The van der Waals surface area contributed by atoms with Crippen molar-refractivity contribution in [1.82, 2.24) is 5.32 Å². The number of oxime groups is 1. The topological polar surface area (TPSA) is 106 Å². The number of aliphatic hydroxyl groups is 1. The highest BCUT2D eigenvalue weighted by molar-refractivity contribution is 5.82. The third-order valence-electron chi connectivity index (χ3n) is 2.36. The number of nitrogens with two attached hydrogens (primary N) is 1. The van der Waals surface area contributed by atoms with Gasteiger partial charge in [-0.1, -0.05) is 5.16 Å². The molecule has 0 aliphatic heterocycles. The van der Waals surface area contributed by atoms with Crippen LogP contribution in [-0.4, -0.2) is 42.4 Å². The molecule has 0 saturated heterocycles. The summed E-state index contributed by atoms with van der Waals surface area (Å²) < 4.78 is 5.46. The van der Waals surface area contributed by atoms with Gasteiger partial charge in [-0.3, -0.25) is 5.32 Å². The zero-order valence-corrected chi connectivity index (χ0v) is 13.0. The summed E-state index contributed by atoms with van der Waals surface area (Å²) in [6.45, 7) is 9.68. The number of carbonyl (C=O) groups is 1. The van der Waals surface area contributed by atoms with E-state index in [9.17, 15) is 4.79 Å². The average Bonchev–Trinajstić information content (AvgIpc) is 2.33. The fraction of sp³-hybridized carbons (Fsp3) is 0.846. The number of aliphatic hydroxyl groups excluding tert-OH is 1. The summed E-state index contributed by atoms with van der Waals surface area (Å²) in [5.41, 5.74) is 4.42. The largest absolute Gasteiger partial charge is 0.395 e. The van der Waals surface area contributed by atoms with E-state index >= 15 is 0 Å². The molecule has 0 bridgehead atoms. The molecule has 4 N–H and O–H groups in total. The second-order valence-corrected chi connectivity index (χ2v) is 6.15. The zero-order chi connectivity index (χ0) is 15.8. The van der Waals surface area contributed by atoms with Crippen LogP contribution in [0.2, 0.25) is 0 Å². The number of rotatable bonds is 8. The van der Waals surface area contributed by atoms with Crippen LogP contribution in [0, 0.1) is 5.41 Å². The fourth-order valence-corrected chi connectivity index (χ4v) is 0.890. The minimum atomic E-state index is -0.984. The first-order chi connectivity index (χ1) is 9.08. The minimum Gasteiger partial charge on any atom is -0.395 e. The molecular formula is C13H27N3O4. The Morgan fingerprint density at radius 2 is 1.90 bits per heavy atom. The Bertz CT molecular complexity index is 335. The van der Waals surface area contributed by atoms with Crippen molar-refractivity contribution >= 4 is 11.8 Å². The maximum Gasteiger partial charge on any atom is 0.342 e. The second-order valence-electron chi connectivity index (χ2n) is 6.15. The number of nitrogens with one attached hydrogen (secondary N) is 1. The van der Waals surface area contributed by atoms with E-state index in [0.29, 0.717) is 19.7 Å². The molecule has 20 heavy (non-hydrogen) atoms. The van der Waals surface area contributed by atoms with Crippen LogP contribution in [0.1, 0.15) is 41.0 Å². The van der Waals surface area contributed by atoms with Crippen molar-refractivity contribution in [3.8, 4) is 0 Å². The van der Waals surface area contributed by atoms with Gasteiger partial charge in [0.2, 0.25) is 0 Å². The maximum atomic E-state index is 11.5. The van der Waals surface area contributed by atoms with Crippen LogP contribution in [0.15, 0.2) is 5.16 Å². The Kier molecular flexibility index (Phi) is 7.70. The smallest absolute Gasteiger partial charge is 0.342 e. The molecular weight excluding hydrogens is 262 g/mol. The molecule has 0 unspecified atom stereocenters. The van der Waals surface area contributed by atoms with Gasteiger partial charge in [-0.05, 0) is 34.6 Å². The third-order valence-corrected chi connectivity index (χ3v) is 2.36. The zero-order valence-electron chi connectivity index (χ0n) is 13.0. The number of amidine groups is 1. The summed E-state index contributed by atoms with van der Waals surface area (Å²) in [4.78, 5) is 16.2. The second kappa shape index (κ2) is 8.18. The van der Waals surface area contributed by atoms with E-state index in [-0.39, 0.29) is 18.0 Å².